The predicted molar refractivity (Wildman–Crippen MR) is 73.6 cm³/mol. The summed E-state index contributed by atoms with van der Waals surface area (Å²) in [6.45, 7) is 3.17. The van der Waals surface area contributed by atoms with Crippen molar-refractivity contribution in [3.63, 3.8) is 0 Å². The quantitative estimate of drug-likeness (QED) is 0.766. The number of anilines is 1. The number of ketones is 1. The number of Topliss-reactive ketones (excluding diaryl/α,β-unsaturated/α-hetero) is 1. The molecule has 1 saturated carbocycles. The molecule has 0 N–H and O–H groups in total. The zero-order valence-electron chi connectivity index (χ0n) is 11.3. The van der Waals surface area contributed by atoms with Crippen molar-refractivity contribution < 1.29 is 9.53 Å². The van der Waals surface area contributed by atoms with Gasteiger partial charge in [-0.05, 0) is 31.9 Å². The average molecular weight is 260 g/mol. The maximum atomic E-state index is 11.8. The van der Waals surface area contributed by atoms with Crippen molar-refractivity contribution >= 4 is 11.6 Å². The number of fused-ring (bicyclic) bond motifs is 1. The molecule has 19 heavy (non-hydrogen) atoms. The molecular formula is C15H20N2O2. The van der Waals surface area contributed by atoms with Gasteiger partial charge in [0.2, 0.25) is 0 Å². The second-order valence-electron chi connectivity index (χ2n) is 5.39. The van der Waals surface area contributed by atoms with Gasteiger partial charge in [-0.15, -0.1) is 0 Å². The first kappa shape index (κ1) is 12.6. The van der Waals surface area contributed by atoms with E-state index in [1.54, 1.807) is 13.1 Å². The number of carbonyl (C=O) groups is 1. The molecule has 1 aliphatic heterocycles. The zero-order valence-corrected chi connectivity index (χ0v) is 11.3. The van der Waals surface area contributed by atoms with Gasteiger partial charge < -0.3 is 9.64 Å². The summed E-state index contributed by atoms with van der Waals surface area (Å²) < 4.78 is 5.88. The lowest BCUT2D eigenvalue weighted by Gasteiger charge is -2.44. The smallest absolute Gasteiger partial charge is 0.163 e. The Kier molecular flexibility index (Phi) is 3.51. The number of pyridine rings is 1. The van der Waals surface area contributed by atoms with E-state index in [-0.39, 0.29) is 5.78 Å². The third-order valence-electron chi connectivity index (χ3n) is 4.17. The number of rotatable bonds is 2. The second kappa shape index (κ2) is 5.29. The van der Waals surface area contributed by atoms with Crippen molar-refractivity contribution in [2.75, 3.05) is 18.1 Å². The van der Waals surface area contributed by atoms with Crippen molar-refractivity contribution in [3.05, 3.63) is 23.9 Å². The molecule has 2 heterocycles. The molecular weight excluding hydrogens is 240 g/mol. The Hall–Kier alpha value is -1.42. The summed E-state index contributed by atoms with van der Waals surface area (Å²) >= 11 is 0. The lowest BCUT2D eigenvalue weighted by Crippen LogP contribution is -2.53. The molecule has 2 atom stereocenters. The van der Waals surface area contributed by atoms with Gasteiger partial charge in [0.05, 0.1) is 24.3 Å². The standard InChI is InChI=1S/C15H20N2O2/c1-11(18)12-5-4-8-16-15(12)17-9-10-19-14-7-3-2-6-13(14)17/h4-5,8,13-14H,2-3,6-7,9-10H2,1H3. The summed E-state index contributed by atoms with van der Waals surface area (Å²) in [6.07, 6.45) is 6.83. The van der Waals surface area contributed by atoms with Crippen molar-refractivity contribution in [3.8, 4) is 0 Å². The normalized spacial score (nSPS) is 26.9. The van der Waals surface area contributed by atoms with E-state index in [0.717, 1.165) is 37.4 Å². The summed E-state index contributed by atoms with van der Waals surface area (Å²) in [5.41, 5.74) is 0.730. The van der Waals surface area contributed by atoms with Crippen molar-refractivity contribution in [2.45, 2.75) is 44.8 Å². The third-order valence-corrected chi connectivity index (χ3v) is 4.17. The molecule has 2 aliphatic rings. The highest BCUT2D eigenvalue weighted by atomic mass is 16.5. The zero-order chi connectivity index (χ0) is 13.2. The van der Waals surface area contributed by atoms with Gasteiger partial charge in [-0.25, -0.2) is 4.98 Å². The monoisotopic (exact) mass is 260 g/mol. The van der Waals surface area contributed by atoms with Gasteiger partial charge in [0.1, 0.15) is 5.82 Å². The Morgan fingerprint density at radius 2 is 2.26 bits per heavy atom. The summed E-state index contributed by atoms with van der Waals surface area (Å²) in [4.78, 5) is 18.5. The van der Waals surface area contributed by atoms with Gasteiger partial charge in [0, 0.05) is 12.7 Å². The summed E-state index contributed by atoms with van der Waals surface area (Å²) in [7, 11) is 0. The fourth-order valence-electron chi connectivity index (χ4n) is 3.26. The summed E-state index contributed by atoms with van der Waals surface area (Å²) in [5.74, 6) is 0.928. The van der Waals surface area contributed by atoms with Crippen LogP contribution in [0.4, 0.5) is 5.82 Å². The van der Waals surface area contributed by atoms with E-state index in [1.807, 2.05) is 12.1 Å². The number of ether oxygens (including phenoxy) is 1. The molecule has 0 aromatic carbocycles. The molecule has 4 nitrogen and oxygen atoms in total. The fourth-order valence-corrected chi connectivity index (χ4v) is 3.26. The van der Waals surface area contributed by atoms with Crippen LogP contribution in [0, 0.1) is 0 Å². The molecule has 4 heteroatoms. The maximum Gasteiger partial charge on any atom is 0.163 e. The van der Waals surface area contributed by atoms with Gasteiger partial charge in [0.25, 0.3) is 0 Å². The van der Waals surface area contributed by atoms with Crippen LogP contribution in [0.5, 0.6) is 0 Å². The topological polar surface area (TPSA) is 42.4 Å². The fraction of sp³-hybridized carbons (Fsp3) is 0.600. The number of hydrogen-bond acceptors (Lipinski definition) is 4. The SMILES string of the molecule is CC(=O)c1cccnc1N1CCOC2CCCCC21. The van der Waals surface area contributed by atoms with Crippen LogP contribution < -0.4 is 4.90 Å². The third kappa shape index (κ3) is 2.37. The molecule has 1 aromatic heterocycles. The maximum absolute atomic E-state index is 11.8. The van der Waals surface area contributed by atoms with Crippen LogP contribution in [-0.2, 0) is 4.74 Å². The first-order valence-electron chi connectivity index (χ1n) is 7.11. The number of carbonyl (C=O) groups excluding carboxylic acids is 1. The van der Waals surface area contributed by atoms with Crippen LogP contribution in [0.3, 0.4) is 0 Å². The molecule has 0 bridgehead atoms. The number of morpholine rings is 1. The van der Waals surface area contributed by atoms with E-state index < -0.39 is 0 Å². The van der Waals surface area contributed by atoms with Crippen LogP contribution in [0.2, 0.25) is 0 Å². The number of nitrogens with zero attached hydrogens (tertiary/aromatic N) is 2. The van der Waals surface area contributed by atoms with E-state index in [4.69, 9.17) is 4.74 Å². The highest BCUT2D eigenvalue weighted by molar-refractivity contribution is 5.98. The van der Waals surface area contributed by atoms with Crippen LogP contribution in [0.25, 0.3) is 0 Å². The highest BCUT2D eigenvalue weighted by Gasteiger charge is 2.35. The summed E-state index contributed by atoms with van der Waals surface area (Å²) in [5, 5.41) is 0. The largest absolute Gasteiger partial charge is 0.374 e. The minimum Gasteiger partial charge on any atom is -0.374 e. The number of aromatic nitrogens is 1. The molecule has 0 amide bonds. The lowest BCUT2D eigenvalue weighted by molar-refractivity contribution is -0.00904. The first-order valence-corrected chi connectivity index (χ1v) is 7.11. The van der Waals surface area contributed by atoms with Crippen LogP contribution in [0.15, 0.2) is 18.3 Å². The van der Waals surface area contributed by atoms with Crippen molar-refractivity contribution in [1.82, 2.24) is 4.98 Å². The van der Waals surface area contributed by atoms with E-state index in [2.05, 4.69) is 9.88 Å². The van der Waals surface area contributed by atoms with Gasteiger partial charge in [-0.2, -0.15) is 0 Å². The van der Waals surface area contributed by atoms with Gasteiger partial charge in [-0.1, -0.05) is 12.8 Å². The molecule has 1 aliphatic carbocycles. The molecule has 102 valence electrons. The Balaban J connectivity index is 1.94. The minimum atomic E-state index is 0.0851. The Bertz CT molecular complexity index is 473. The predicted octanol–water partition coefficient (Wildman–Crippen LogP) is 2.43. The van der Waals surface area contributed by atoms with Crippen LogP contribution in [0.1, 0.15) is 43.0 Å². The van der Waals surface area contributed by atoms with Crippen molar-refractivity contribution in [2.24, 2.45) is 0 Å². The van der Waals surface area contributed by atoms with E-state index in [9.17, 15) is 4.79 Å². The second-order valence-corrected chi connectivity index (χ2v) is 5.39. The Morgan fingerprint density at radius 3 is 3.11 bits per heavy atom. The van der Waals surface area contributed by atoms with Gasteiger partial charge >= 0.3 is 0 Å². The van der Waals surface area contributed by atoms with E-state index >= 15 is 0 Å². The molecule has 2 unspecified atom stereocenters. The molecule has 3 rings (SSSR count). The summed E-state index contributed by atoms with van der Waals surface area (Å²) in [6, 6.07) is 4.09. The molecule has 0 radical (unpaired) electrons. The lowest BCUT2D eigenvalue weighted by atomic mass is 9.90. The molecule has 0 spiro atoms. The molecule has 1 aromatic rings. The van der Waals surface area contributed by atoms with E-state index in [0.29, 0.717) is 12.1 Å². The van der Waals surface area contributed by atoms with Crippen LogP contribution in [-0.4, -0.2) is 36.1 Å². The minimum absolute atomic E-state index is 0.0851. The molecule has 2 fully saturated rings. The Labute approximate surface area is 113 Å². The molecule has 1 saturated heterocycles. The van der Waals surface area contributed by atoms with Gasteiger partial charge in [-0.3, -0.25) is 4.79 Å². The Morgan fingerprint density at radius 1 is 1.42 bits per heavy atom. The van der Waals surface area contributed by atoms with Crippen LogP contribution >= 0.6 is 0 Å². The average Bonchev–Trinajstić information content (AvgIpc) is 2.46. The number of hydrogen-bond donors (Lipinski definition) is 0. The highest BCUT2D eigenvalue weighted by Crippen LogP contribution is 2.32. The van der Waals surface area contributed by atoms with Crippen molar-refractivity contribution in [1.29, 1.82) is 0 Å². The van der Waals surface area contributed by atoms with Gasteiger partial charge in [0.15, 0.2) is 5.78 Å². The van der Waals surface area contributed by atoms with E-state index in [1.165, 1.54) is 12.8 Å². The first-order chi connectivity index (χ1) is 9.27.